The molecule has 0 N–H and O–H groups in total. The molecule has 0 fully saturated rings. The normalized spacial score (nSPS) is 19.2. The maximum Gasteiger partial charge on any atom is 0.213 e. The van der Waals surface area contributed by atoms with Crippen molar-refractivity contribution in [3.05, 3.63) is 94.3 Å². The van der Waals surface area contributed by atoms with Gasteiger partial charge in [0.1, 0.15) is 6.54 Å². The number of hydrogen-bond donors (Lipinski definition) is 0. The van der Waals surface area contributed by atoms with Crippen molar-refractivity contribution in [1.82, 2.24) is 4.90 Å². The lowest BCUT2D eigenvalue weighted by molar-refractivity contribution is -0.686. The van der Waals surface area contributed by atoms with E-state index in [2.05, 4.69) is 83.4 Å². The summed E-state index contributed by atoms with van der Waals surface area (Å²) in [5, 5.41) is 0. The second-order valence-corrected chi connectivity index (χ2v) is 8.75. The van der Waals surface area contributed by atoms with Gasteiger partial charge in [0.15, 0.2) is 6.20 Å². The highest BCUT2D eigenvalue weighted by atomic mass is 15.1. The zero-order valence-electron chi connectivity index (χ0n) is 17.1. The average molecular weight is 380 g/mol. The van der Waals surface area contributed by atoms with Crippen molar-refractivity contribution in [3.63, 3.8) is 0 Å². The number of benzene rings is 2. The number of nitrogens with zero attached hydrogens (tertiary/aromatic N) is 2. The average Bonchev–Trinajstić information content (AvgIpc) is 3.05. The van der Waals surface area contributed by atoms with Crippen LogP contribution in [0.1, 0.15) is 52.3 Å². The molecule has 2 aromatic carbocycles. The van der Waals surface area contributed by atoms with Gasteiger partial charge in [-0.3, -0.25) is 0 Å². The zero-order valence-corrected chi connectivity index (χ0v) is 17.1. The molecule has 1 unspecified atom stereocenters. The molecule has 4 heterocycles. The van der Waals surface area contributed by atoms with E-state index in [1.807, 2.05) is 0 Å². The monoisotopic (exact) mass is 379 g/mol. The van der Waals surface area contributed by atoms with E-state index in [1.54, 1.807) is 5.56 Å². The predicted octanol–water partition coefficient (Wildman–Crippen LogP) is 5.22. The molecule has 1 aromatic heterocycles. The Balaban J connectivity index is 1.69. The molecule has 0 saturated heterocycles. The third-order valence-electron chi connectivity index (χ3n) is 6.92. The number of pyridine rings is 1. The SMILES string of the molecule is Cc1cc[n+]2c(c1)-c1c(ccc3c1C1c4ccccc4C=CN1CCC3)CCC2. The minimum absolute atomic E-state index is 0.315. The van der Waals surface area contributed by atoms with Gasteiger partial charge in [-0.15, -0.1) is 0 Å². The fourth-order valence-electron chi connectivity index (χ4n) is 5.56. The fraction of sp³-hybridized carbons (Fsp3) is 0.296. The van der Waals surface area contributed by atoms with Crippen molar-refractivity contribution in [2.45, 2.75) is 45.2 Å². The molecule has 0 aliphatic carbocycles. The molecule has 3 aliphatic rings. The standard InChI is InChI=1S/C27H27N2/c1-19-12-16-28-14-4-7-21-10-11-22-8-5-15-29-17-13-20-6-2-3-9-23(20)27(29)26(22)25(21)24(28)18-19/h2-3,6,9-13,16-18,27H,4-5,7-8,14-15H2,1H3/q+1. The van der Waals surface area contributed by atoms with E-state index in [-0.39, 0.29) is 0 Å². The van der Waals surface area contributed by atoms with E-state index in [0.717, 1.165) is 25.9 Å². The molecule has 0 saturated carbocycles. The first-order valence-electron chi connectivity index (χ1n) is 11.0. The number of fused-ring (bicyclic) bond motifs is 9. The molecule has 0 radical (unpaired) electrons. The summed E-state index contributed by atoms with van der Waals surface area (Å²) in [6.45, 7) is 4.44. The minimum atomic E-state index is 0.315. The molecule has 0 amide bonds. The lowest BCUT2D eigenvalue weighted by atomic mass is 9.82. The van der Waals surface area contributed by atoms with Crippen LogP contribution in [0.25, 0.3) is 17.3 Å². The molecule has 6 rings (SSSR count). The zero-order chi connectivity index (χ0) is 19.4. The van der Waals surface area contributed by atoms with Gasteiger partial charge in [0.05, 0.1) is 11.6 Å². The molecule has 0 bridgehead atoms. The van der Waals surface area contributed by atoms with Gasteiger partial charge < -0.3 is 4.90 Å². The van der Waals surface area contributed by atoms with Crippen LogP contribution in [0, 0.1) is 6.92 Å². The minimum Gasteiger partial charge on any atom is -0.366 e. The van der Waals surface area contributed by atoms with Crippen LogP contribution in [0.4, 0.5) is 0 Å². The Kier molecular flexibility index (Phi) is 3.87. The molecule has 2 nitrogen and oxygen atoms in total. The summed E-state index contributed by atoms with van der Waals surface area (Å²) < 4.78 is 2.49. The summed E-state index contributed by atoms with van der Waals surface area (Å²) in [7, 11) is 0. The van der Waals surface area contributed by atoms with Crippen LogP contribution in [0.15, 0.2) is 60.9 Å². The summed E-state index contributed by atoms with van der Waals surface area (Å²) in [5.41, 5.74) is 11.7. The summed E-state index contributed by atoms with van der Waals surface area (Å²) >= 11 is 0. The van der Waals surface area contributed by atoms with E-state index in [0.29, 0.717) is 6.04 Å². The number of hydrogen-bond acceptors (Lipinski definition) is 1. The Bertz CT molecular complexity index is 1140. The van der Waals surface area contributed by atoms with E-state index in [1.165, 1.54) is 51.9 Å². The first-order valence-corrected chi connectivity index (χ1v) is 11.0. The van der Waals surface area contributed by atoms with Gasteiger partial charge in [-0.1, -0.05) is 36.4 Å². The van der Waals surface area contributed by atoms with Crippen molar-refractivity contribution in [2.24, 2.45) is 0 Å². The second-order valence-electron chi connectivity index (χ2n) is 8.75. The van der Waals surface area contributed by atoms with Gasteiger partial charge in [-0.25, -0.2) is 0 Å². The van der Waals surface area contributed by atoms with Gasteiger partial charge in [0.2, 0.25) is 5.69 Å². The van der Waals surface area contributed by atoms with Crippen LogP contribution < -0.4 is 4.57 Å². The highest BCUT2D eigenvalue weighted by Crippen LogP contribution is 2.45. The smallest absolute Gasteiger partial charge is 0.213 e. The van der Waals surface area contributed by atoms with Crippen LogP contribution >= 0.6 is 0 Å². The molecular formula is C27H27N2+. The van der Waals surface area contributed by atoms with E-state index >= 15 is 0 Å². The molecule has 0 spiro atoms. The van der Waals surface area contributed by atoms with Crippen molar-refractivity contribution >= 4 is 6.08 Å². The van der Waals surface area contributed by atoms with Gasteiger partial charge in [-0.05, 0) is 65.6 Å². The summed E-state index contributed by atoms with van der Waals surface area (Å²) in [4.78, 5) is 2.58. The quantitative estimate of drug-likeness (QED) is 0.486. The van der Waals surface area contributed by atoms with E-state index in [9.17, 15) is 0 Å². The first-order chi connectivity index (χ1) is 14.3. The van der Waals surface area contributed by atoms with Gasteiger partial charge in [0, 0.05) is 31.3 Å². The van der Waals surface area contributed by atoms with Gasteiger partial charge in [-0.2, -0.15) is 4.57 Å². The Labute approximate surface area is 173 Å². The Morgan fingerprint density at radius 3 is 2.79 bits per heavy atom. The van der Waals surface area contributed by atoms with Crippen molar-refractivity contribution in [3.8, 4) is 11.3 Å². The van der Waals surface area contributed by atoms with Crippen LogP contribution in [0.2, 0.25) is 0 Å². The summed E-state index contributed by atoms with van der Waals surface area (Å²) in [6.07, 6.45) is 11.7. The van der Waals surface area contributed by atoms with Crippen molar-refractivity contribution < 1.29 is 4.57 Å². The molecule has 3 aliphatic heterocycles. The predicted molar refractivity (Wildman–Crippen MR) is 117 cm³/mol. The number of rotatable bonds is 0. The highest BCUT2D eigenvalue weighted by Gasteiger charge is 2.35. The largest absolute Gasteiger partial charge is 0.366 e. The van der Waals surface area contributed by atoms with Crippen LogP contribution in [0.3, 0.4) is 0 Å². The third kappa shape index (κ3) is 2.66. The molecule has 29 heavy (non-hydrogen) atoms. The highest BCUT2D eigenvalue weighted by molar-refractivity contribution is 5.72. The number of aromatic nitrogens is 1. The molecule has 1 atom stereocenters. The molecule has 3 aromatic rings. The maximum absolute atomic E-state index is 2.58. The Morgan fingerprint density at radius 1 is 0.966 bits per heavy atom. The fourth-order valence-corrected chi connectivity index (χ4v) is 5.56. The summed E-state index contributed by atoms with van der Waals surface area (Å²) in [5.74, 6) is 0. The second kappa shape index (κ2) is 6.59. The first kappa shape index (κ1) is 17.0. The van der Waals surface area contributed by atoms with Crippen LogP contribution in [-0.2, 0) is 19.4 Å². The topological polar surface area (TPSA) is 7.12 Å². The lowest BCUT2D eigenvalue weighted by Gasteiger charge is -2.35. The number of aryl methyl sites for hydroxylation is 4. The summed E-state index contributed by atoms with van der Waals surface area (Å²) in [6, 6.07) is 18.8. The Hall–Kier alpha value is -2.87. The van der Waals surface area contributed by atoms with Crippen LogP contribution in [-0.4, -0.2) is 11.4 Å². The maximum atomic E-state index is 2.58. The third-order valence-corrected chi connectivity index (χ3v) is 6.92. The lowest BCUT2D eigenvalue weighted by Crippen LogP contribution is -2.36. The van der Waals surface area contributed by atoms with Gasteiger partial charge in [0.25, 0.3) is 0 Å². The molecular weight excluding hydrogens is 352 g/mol. The molecule has 2 heteroatoms. The molecule has 144 valence electrons. The van der Waals surface area contributed by atoms with E-state index in [4.69, 9.17) is 0 Å². The van der Waals surface area contributed by atoms with Gasteiger partial charge >= 0.3 is 0 Å². The van der Waals surface area contributed by atoms with Crippen molar-refractivity contribution in [2.75, 3.05) is 6.54 Å². The van der Waals surface area contributed by atoms with E-state index < -0.39 is 0 Å². The van der Waals surface area contributed by atoms with Crippen LogP contribution in [0.5, 0.6) is 0 Å². The Morgan fingerprint density at radius 2 is 1.83 bits per heavy atom. The van der Waals surface area contributed by atoms with Crippen molar-refractivity contribution in [1.29, 1.82) is 0 Å².